The van der Waals surface area contributed by atoms with Crippen LogP contribution in [0.5, 0.6) is 0 Å². The molecular formula is C11H10N6. The fourth-order valence-electron chi connectivity index (χ4n) is 1.01. The van der Waals surface area contributed by atoms with E-state index in [1.165, 1.54) is 6.34 Å². The molecule has 1 aromatic rings. The molecule has 0 aliphatic heterocycles. The van der Waals surface area contributed by atoms with E-state index >= 15 is 0 Å². The predicted octanol–water partition coefficient (Wildman–Crippen LogP) is 0.926. The van der Waals surface area contributed by atoms with E-state index in [0.29, 0.717) is 11.4 Å². The normalized spacial score (nSPS) is 11.4. The topological polar surface area (TPSA) is 124 Å². The summed E-state index contributed by atoms with van der Waals surface area (Å²) in [4.78, 5) is 3.73. The number of nitrogens with two attached hydrogens (primary N) is 2. The molecule has 1 rings (SSSR count). The Kier molecular flexibility index (Phi) is 4.11. The number of hydrogen-bond donors (Lipinski definition) is 3. The fraction of sp³-hybridized carbons (Fsp3) is 0. The zero-order valence-corrected chi connectivity index (χ0v) is 8.88. The quantitative estimate of drug-likeness (QED) is 0.306. The highest BCUT2D eigenvalue weighted by molar-refractivity contribution is 5.82. The van der Waals surface area contributed by atoms with E-state index in [0.717, 1.165) is 0 Å². The number of anilines is 2. The van der Waals surface area contributed by atoms with Gasteiger partial charge in [-0.15, -0.1) is 0 Å². The molecule has 0 aromatic heterocycles. The number of nitrogens with one attached hydrogen (secondary N) is 1. The lowest BCUT2D eigenvalue weighted by molar-refractivity contribution is 1.27. The molecule has 0 bridgehead atoms. The van der Waals surface area contributed by atoms with Gasteiger partial charge in [0, 0.05) is 0 Å². The molecule has 6 nitrogen and oxygen atoms in total. The summed E-state index contributed by atoms with van der Waals surface area (Å²) in [5.74, 6) is 0. The van der Waals surface area contributed by atoms with E-state index < -0.39 is 0 Å². The van der Waals surface area contributed by atoms with Gasteiger partial charge in [0.15, 0.2) is 5.70 Å². The second-order valence-corrected chi connectivity index (χ2v) is 2.98. The lowest BCUT2D eigenvalue weighted by atomic mass is 10.3. The number of hydrogen-bond acceptors (Lipinski definition) is 5. The van der Waals surface area contributed by atoms with Crippen molar-refractivity contribution in [3.63, 3.8) is 0 Å². The summed E-state index contributed by atoms with van der Waals surface area (Å²) < 4.78 is 0. The molecule has 0 aliphatic carbocycles. The van der Waals surface area contributed by atoms with E-state index in [2.05, 4.69) is 10.3 Å². The number of rotatable bonds is 3. The average Bonchev–Trinajstić information content (AvgIpc) is 2.36. The van der Waals surface area contributed by atoms with Gasteiger partial charge in [-0.1, -0.05) is 12.1 Å². The van der Waals surface area contributed by atoms with Crippen LogP contribution >= 0.6 is 0 Å². The molecule has 1 aromatic carbocycles. The monoisotopic (exact) mass is 226 g/mol. The molecule has 0 aliphatic rings. The summed E-state index contributed by atoms with van der Waals surface area (Å²) >= 11 is 0. The van der Waals surface area contributed by atoms with Crippen LogP contribution in [0.15, 0.2) is 40.7 Å². The standard InChI is InChI=1S/C11H10N6/c12-5-9(15)11(6-13)17-7-16-10-4-2-1-3-8(10)14/h1-4,7H,14-15H2,(H,16,17)/b11-9-. The molecule has 5 N–H and O–H groups in total. The summed E-state index contributed by atoms with van der Waals surface area (Å²) in [6.45, 7) is 0. The van der Waals surface area contributed by atoms with Crippen molar-refractivity contribution >= 4 is 17.7 Å². The van der Waals surface area contributed by atoms with Crippen molar-refractivity contribution in [1.82, 2.24) is 0 Å². The van der Waals surface area contributed by atoms with Crippen molar-refractivity contribution in [3.8, 4) is 12.1 Å². The molecule has 0 unspecified atom stereocenters. The Labute approximate surface area is 98.5 Å². The van der Waals surface area contributed by atoms with Gasteiger partial charge in [-0.05, 0) is 12.1 Å². The zero-order valence-electron chi connectivity index (χ0n) is 8.88. The van der Waals surface area contributed by atoms with Gasteiger partial charge in [0.1, 0.15) is 17.8 Å². The summed E-state index contributed by atoms with van der Waals surface area (Å²) in [7, 11) is 0. The lowest BCUT2D eigenvalue weighted by Gasteiger charge is -2.02. The molecule has 0 heterocycles. The predicted molar refractivity (Wildman–Crippen MR) is 65.4 cm³/mol. The summed E-state index contributed by atoms with van der Waals surface area (Å²) in [5.41, 5.74) is 11.8. The number of para-hydroxylation sites is 2. The van der Waals surface area contributed by atoms with Gasteiger partial charge in [-0.25, -0.2) is 4.99 Å². The average molecular weight is 226 g/mol. The summed E-state index contributed by atoms with van der Waals surface area (Å²) in [6.07, 6.45) is 1.26. The van der Waals surface area contributed by atoms with Crippen molar-refractivity contribution in [2.45, 2.75) is 0 Å². The number of nitrogen functional groups attached to an aromatic ring is 1. The van der Waals surface area contributed by atoms with Crippen molar-refractivity contribution in [3.05, 3.63) is 35.7 Å². The van der Waals surface area contributed by atoms with Crippen LogP contribution in [-0.2, 0) is 0 Å². The third kappa shape index (κ3) is 3.26. The van der Waals surface area contributed by atoms with Crippen molar-refractivity contribution < 1.29 is 0 Å². The highest BCUT2D eigenvalue weighted by Crippen LogP contribution is 2.15. The molecule has 0 atom stereocenters. The summed E-state index contributed by atoms with van der Waals surface area (Å²) in [5, 5.41) is 20.0. The molecule has 0 saturated carbocycles. The Morgan fingerprint density at radius 3 is 2.59 bits per heavy atom. The van der Waals surface area contributed by atoms with Gasteiger partial charge in [0.25, 0.3) is 0 Å². The van der Waals surface area contributed by atoms with Crippen molar-refractivity contribution in [2.24, 2.45) is 10.7 Å². The van der Waals surface area contributed by atoms with Crippen molar-refractivity contribution in [1.29, 1.82) is 10.5 Å². The van der Waals surface area contributed by atoms with Crippen LogP contribution in [0.2, 0.25) is 0 Å². The van der Waals surface area contributed by atoms with Crippen molar-refractivity contribution in [2.75, 3.05) is 11.1 Å². The number of allylic oxidation sites excluding steroid dienone is 2. The van der Waals surface area contributed by atoms with E-state index in [4.69, 9.17) is 22.0 Å². The number of aliphatic imine (C=N–C) groups is 1. The highest BCUT2D eigenvalue weighted by Gasteiger charge is 1.98. The first-order chi connectivity index (χ1) is 8.19. The molecule has 17 heavy (non-hydrogen) atoms. The largest absolute Gasteiger partial charge is 0.397 e. The second kappa shape index (κ2) is 5.79. The zero-order chi connectivity index (χ0) is 12.7. The molecule has 0 radical (unpaired) electrons. The minimum Gasteiger partial charge on any atom is -0.397 e. The molecule has 84 valence electrons. The smallest absolute Gasteiger partial charge is 0.175 e. The van der Waals surface area contributed by atoms with Gasteiger partial charge in [-0.2, -0.15) is 10.5 Å². The van der Waals surface area contributed by atoms with E-state index in [1.54, 1.807) is 36.4 Å². The second-order valence-electron chi connectivity index (χ2n) is 2.98. The Balaban J connectivity index is 2.80. The Morgan fingerprint density at radius 1 is 1.29 bits per heavy atom. The van der Waals surface area contributed by atoms with Crippen LogP contribution in [0.1, 0.15) is 0 Å². The van der Waals surface area contributed by atoms with E-state index in [9.17, 15) is 0 Å². The number of nitrogens with zero attached hydrogens (tertiary/aromatic N) is 3. The van der Waals surface area contributed by atoms with Crippen LogP contribution in [0, 0.1) is 22.7 Å². The van der Waals surface area contributed by atoms with Crippen LogP contribution in [-0.4, -0.2) is 6.34 Å². The van der Waals surface area contributed by atoms with Crippen LogP contribution in [0.3, 0.4) is 0 Å². The minimum absolute atomic E-state index is 0.144. The van der Waals surface area contributed by atoms with Gasteiger partial charge in [-0.3, -0.25) is 0 Å². The van der Waals surface area contributed by atoms with E-state index in [-0.39, 0.29) is 11.4 Å². The third-order valence-corrected chi connectivity index (χ3v) is 1.86. The number of nitriles is 2. The minimum atomic E-state index is -0.230. The van der Waals surface area contributed by atoms with Gasteiger partial charge in [0.2, 0.25) is 0 Å². The first-order valence-corrected chi connectivity index (χ1v) is 4.62. The first-order valence-electron chi connectivity index (χ1n) is 4.62. The van der Waals surface area contributed by atoms with Crippen LogP contribution in [0.25, 0.3) is 0 Å². The van der Waals surface area contributed by atoms with Gasteiger partial charge in [0.05, 0.1) is 17.7 Å². The molecule has 0 saturated heterocycles. The maximum Gasteiger partial charge on any atom is 0.175 e. The molecule has 6 heteroatoms. The summed E-state index contributed by atoms with van der Waals surface area (Å²) in [6, 6.07) is 10.4. The SMILES string of the molecule is N#C/C(N)=C(\C#N)N=CNc1ccccc1N. The molecular weight excluding hydrogens is 216 g/mol. The Bertz CT molecular complexity index is 544. The number of benzene rings is 1. The maximum atomic E-state index is 8.67. The maximum absolute atomic E-state index is 8.67. The fourth-order valence-corrected chi connectivity index (χ4v) is 1.01. The molecule has 0 fully saturated rings. The van der Waals surface area contributed by atoms with Gasteiger partial charge < -0.3 is 16.8 Å². The molecule has 0 spiro atoms. The lowest BCUT2D eigenvalue weighted by Crippen LogP contribution is -2.01. The van der Waals surface area contributed by atoms with Crippen LogP contribution in [0.4, 0.5) is 11.4 Å². The highest BCUT2D eigenvalue weighted by atomic mass is 15.0. The van der Waals surface area contributed by atoms with E-state index in [1.807, 2.05) is 0 Å². The van der Waals surface area contributed by atoms with Crippen LogP contribution < -0.4 is 16.8 Å². The first kappa shape index (κ1) is 12.1. The van der Waals surface area contributed by atoms with Gasteiger partial charge >= 0.3 is 0 Å². The third-order valence-electron chi connectivity index (χ3n) is 1.86. The molecule has 0 amide bonds. The Hall–Kier alpha value is -2.99. The Morgan fingerprint density at radius 2 is 2.00 bits per heavy atom.